The summed E-state index contributed by atoms with van der Waals surface area (Å²) in [6.07, 6.45) is -1.22. The maximum Gasteiger partial charge on any atom is 0.416 e. The molecule has 29 nitrogen and oxygen atoms in total. The van der Waals surface area contributed by atoms with Gasteiger partial charge in [-0.3, -0.25) is 74.4 Å². The number of aryl methyl sites for hydroxylation is 1. The van der Waals surface area contributed by atoms with Gasteiger partial charge in [0.2, 0.25) is 23.6 Å². The highest BCUT2D eigenvalue weighted by Gasteiger charge is 2.36. The van der Waals surface area contributed by atoms with Crippen LogP contribution in [0.1, 0.15) is 80.1 Å². The lowest BCUT2D eigenvalue weighted by Crippen LogP contribution is -2.52. The Morgan fingerprint density at radius 2 is 1.26 bits per heavy atom. The summed E-state index contributed by atoms with van der Waals surface area (Å²) < 4.78 is 77.4. The van der Waals surface area contributed by atoms with Crippen LogP contribution in [0.25, 0.3) is 21.5 Å². The molecule has 11 aromatic rings. The lowest BCUT2D eigenvalue weighted by molar-refractivity contribution is -0.384. The van der Waals surface area contributed by atoms with E-state index in [9.17, 15) is 85.6 Å². The number of nitro benzene ring substituents is 2. The quantitative estimate of drug-likeness (QED) is 0.00631. The third-order valence-corrected chi connectivity index (χ3v) is 18.3. The zero-order valence-corrected chi connectivity index (χ0v) is 66.1. The molecule has 36 heteroatoms. The van der Waals surface area contributed by atoms with Crippen molar-refractivity contribution < 1.29 is 84.7 Å². The largest absolute Gasteiger partial charge is 0.508 e. The van der Waals surface area contributed by atoms with Gasteiger partial charge in [0.15, 0.2) is 6.61 Å². The second kappa shape index (κ2) is 44.7. The Labute approximate surface area is 692 Å². The van der Waals surface area contributed by atoms with Crippen LogP contribution < -0.4 is 65.1 Å². The molecule has 0 fully saturated rings. The van der Waals surface area contributed by atoms with Crippen molar-refractivity contribution in [2.45, 2.75) is 75.0 Å². The van der Waals surface area contributed by atoms with Gasteiger partial charge in [0, 0.05) is 93.4 Å². The summed E-state index contributed by atoms with van der Waals surface area (Å²) in [5.74, 6) is -7.28. The first-order chi connectivity index (χ1) is 57.0. The SMILES string of the molecule is CC(F)(F)c1cc(NC(=O)C(Sc2ccccc2N)c2ccccc2)cc(C(F)(F)F)c1.CCOC(=O)CNC(=O)CNC(=O)C(C)NC(=O)C(N)Cc1ccc(O)cc1.Cc1ccc(Cl)cc1C(=O)NCc1ccncc1.Nc1cc(C(=O)NNC(=O)COc2ccc3ccccc3c2)cc([N+](=O)[O-])c1.Nc1cccc2cccc([N+](=O)[O-])c12. The van der Waals surface area contributed by atoms with Gasteiger partial charge in [-0.05, 0) is 157 Å². The van der Waals surface area contributed by atoms with Crippen LogP contribution in [-0.4, -0.2) is 106 Å². The maximum atomic E-state index is 13.8. The number of hydrogen-bond acceptors (Lipinski definition) is 21. The van der Waals surface area contributed by atoms with E-state index in [1.807, 2.05) is 55.5 Å². The predicted octanol–water partition coefficient (Wildman–Crippen LogP) is 12.9. The van der Waals surface area contributed by atoms with Gasteiger partial charge in [-0.2, -0.15) is 13.2 Å². The summed E-state index contributed by atoms with van der Waals surface area (Å²) in [7, 11) is 0. The Morgan fingerprint density at radius 3 is 1.92 bits per heavy atom. The third-order valence-electron chi connectivity index (χ3n) is 16.8. The van der Waals surface area contributed by atoms with E-state index >= 15 is 0 Å². The number of thioether (sulfide) groups is 1. The lowest BCUT2D eigenvalue weighted by atomic mass is 10.0. The first-order valence-corrected chi connectivity index (χ1v) is 37.3. The van der Waals surface area contributed by atoms with Gasteiger partial charge in [-0.15, -0.1) is 11.8 Å². The monoisotopic (exact) mass is 1690 g/mol. The number of phenolic OH excluding ortho intramolecular Hbond substituents is 1. The van der Waals surface area contributed by atoms with E-state index in [0.717, 1.165) is 62.8 Å². The normalized spacial score (nSPS) is 11.5. The molecule has 0 aliphatic rings. The number of amides is 7. The minimum Gasteiger partial charge on any atom is -0.508 e. The summed E-state index contributed by atoms with van der Waals surface area (Å²) in [5.41, 5.74) is 29.4. The molecule has 0 saturated carbocycles. The van der Waals surface area contributed by atoms with Crippen molar-refractivity contribution in [3.63, 3.8) is 0 Å². The average Bonchev–Trinajstić information content (AvgIpc) is 0.802. The van der Waals surface area contributed by atoms with E-state index < -0.39 is 91.8 Å². The number of nitrogens with zero attached hydrogens (tertiary/aromatic N) is 3. The summed E-state index contributed by atoms with van der Waals surface area (Å²) in [4.78, 5) is 121. The van der Waals surface area contributed by atoms with Gasteiger partial charge in [-0.25, -0.2) is 8.78 Å². The number of hydrogen-bond donors (Lipinski definition) is 12. The van der Waals surface area contributed by atoms with Crippen molar-refractivity contribution in [1.29, 1.82) is 0 Å². The molecule has 0 bridgehead atoms. The summed E-state index contributed by atoms with van der Waals surface area (Å²) in [5, 5.41) is 46.1. The minimum atomic E-state index is -4.85. The molecule has 0 radical (unpaired) electrons. The number of halogens is 6. The van der Waals surface area contributed by atoms with E-state index in [4.69, 9.17) is 39.3 Å². The van der Waals surface area contributed by atoms with Gasteiger partial charge in [0.1, 0.15) is 29.3 Å². The zero-order chi connectivity index (χ0) is 87.8. The first kappa shape index (κ1) is 92.8. The molecule has 0 aliphatic heterocycles. The van der Waals surface area contributed by atoms with E-state index in [-0.39, 0.29) is 72.7 Å². The number of anilines is 4. The van der Waals surface area contributed by atoms with Crippen molar-refractivity contribution in [2.24, 2.45) is 5.73 Å². The van der Waals surface area contributed by atoms with Crippen LogP contribution in [-0.2, 0) is 58.6 Å². The Bertz CT molecular complexity index is 5420. The fraction of sp³-hybridized carbons (Fsp3) is 0.179. The van der Waals surface area contributed by atoms with Crippen LogP contribution in [0.2, 0.25) is 5.02 Å². The Kier molecular flexibility index (Phi) is 34.6. The van der Waals surface area contributed by atoms with E-state index in [1.165, 1.54) is 31.2 Å². The average molecular weight is 1690 g/mol. The number of fused-ring (bicyclic) bond motifs is 2. The summed E-state index contributed by atoms with van der Waals surface area (Å²) >= 11 is 7.00. The maximum absolute atomic E-state index is 13.8. The highest BCUT2D eigenvalue weighted by Crippen LogP contribution is 2.41. The first-order valence-electron chi connectivity index (χ1n) is 36.1. The molecule has 120 heavy (non-hydrogen) atoms. The number of phenols is 1. The van der Waals surface area contributed by atoms with Crippen LogP contribution in [0.15, 0.2) is 242 Å². The molecular weight excluding hydrogens is 1610 g/mol. The van der Waals surface area contributed by atoms with Gasteiger partial charge in [0.05, 0.1) is 40.0 Å². The van der Waals surface area contributed by atoms with Gasteiger partial charge < -0.3 is 64.1 Å². The summed E-state index contributed by atoms with van der Waals surface area (Å²) in [6.45, 7) is 5.20. The molecule has 1 aromatic heterocycles. The lowest BCUT2D eigenvalue weighted by Gasteiger charge is -2.20. The molecule has 0 spiro atoms. The number of aromatic hydroxyl groups is 1. The Morgan fingerprint density at radius 1 is 0.617 bits per heavy atom. The fourth-order valence-corrected chi connectivity index (χ4v) is 11.9. The van der Waals surface area contributed by atoms with Gasteiger partial charge in [-0.1, -0.05) is 127 Å². The number of esters is 1. The number of rotatable bonds is 25. The second-order valence-electron chi connectivity index (χ2n) is 26.0. The topological polar surface area (TPSA) is 463 Å². The minimum absolute atomic E-state index is 0.0533. The van der Waals surface area contributed by atoms with E-state index in [2.05, 4.69) is 47.2 Å². The van der Waals surface area contributed by atoms with E-state index in [1.54, 1.807) is 141 Å². The number of ether oxygens (including phenoxy) is 2. The molecule has 0 saturated heterocycles. The number of nitrogens with two attached hydrogens (primary N) is 4. The van der Waals surface area contributed by atoms with Crippen molar-refractivity contribution in [3.8, 4) is 11.5 Å². The van der Waals surface area contributed by atoms with Crippen molar-refractivity contribution >= 4 is 126 Å². The number of nitrogens with one attached hydrogen (secondary N) is 7. The number of alkyl halides is 5. The molecule has 7 amide bonds. The molecule has 3 atom stereocenters. The number of hydrazine groups is 1. The highest BCUT2D eigenvalue weighted by molar-refractivity contribution is 8.00. The third kappa shape index (κ3) is 29.8. The van der Waals surface area contributed by atoms with Crippen LogP contribution in [0.3, 0.4) is 0 Å². The summed E-state index contributed by atoms with van der Waals surface area (Å²) in [6, 6.07) is 57.5. The number of nitrogen functional groups attached to an aromatic ring is 3. The standard InChI is InChI=1S/C23H19F5N2OS.C19H16N4O5.C18H26N4O6.C14H13ClN2O.C10H8N2O2/c1-22(24,25)15-11-16(23(26,27)28)13-17(12-15)30-21(31)20(14-7-3-2-4-8-14)32-19-10-6-5-9-18(19)29;20-15-7-14(8-16(10-15)23(26)27)19(25)22-21-18(24)11-28-17-6-5-12-3-1-2-4-13(12)9-17;1-3-28-16(25)10-20-15(24)9-21-17(26)11(2)22-18(27)14(19)8-12-4-6-13(23)7-5-12;1-10-2-3-12(15)8-13(10)14(18)17-9-11-4-6-16-7-5-11;11-8-5-1-3-7-4-2-6-9(10(7)8)12(13)14/h2-13,20H,29H2,1H3,(H,30,31);1-10H,11,20H2,(H,21,24)(H,22,25);4-7,11,14,23H,3,8-10,19H2,1-2H3,(H,20,24)(H,21,26)(H,22,27);2-8H,9H2,1H3,(H,17,18);1-6H,11H2. The van der Waals surface area contributed by atoms with Crippen LogP contribution in [0, 0.1) is 27.2 Å². The molecule has 1 heterocycles. The predicted molar refractivity (Wildman–Crippen MR) is 445 cm³/mol. The molecule has 10 aromatic carbocycles. The van der Waals surface area contributed by atoms with Crippen molar-refractivity contribution in [2.75, 3.05) is 48.8 Å². The number of carbonyl (C=O) groups excluding carboxylic acids is 8. The molecule has 0 aliphatic carbocycles. The van der Waals surface area contributed by atoms with Crippen molar-refractivity contribution in [1.82, 2.24) is 37.1 Å². The second-order valence-corrected chi connectivity index (χ2v) is 27.6. The van der Waals surface area contributed by atoms with Crippen LogP contribution >= 0.6 is 23.4 Å². The van der Waals surface area contributed by atoms with Crippen LogP contribution in [0.5, 0.6) is 11.5 Å². The Balaban J connectivity index is 0.000000212. The van der Waals surface area contributed by atoms with E-state index in [0.29, 0.717) is 69.2 Å². The zero-order valence-electron chi connectivity index (χ0n) is 64.5. The number of carbonyl (C=O) groups is 8. The highest BCUT2D eigenvalue weighted by atomic mass is 35.5. The molecular formula is C84H82ClF5N14O15S. The van der Waals surface area contributed by atoms with Gasteiger partial charge in [0.25, 0.3) is 35.0 Å². The number of benzene rings is 10. The number of non-ortho nitro benzene ring substituents is 2. The fourth-order valence-electron chi connectivity index (χ4n) is 10.7. The Hall–Kier alpha value is -14.3. The number of aromatic nitrogens is 1. The molecule has 3 unspecified atom stereocenters. The molecule has 16 N–H and O–H groups in total. The number of para-hydroxylation sites is 1. The smallest absolute Gasteiger partial charge is 0.416 e. The molecule has 626 valence electrons. The number of nitro groups is 2. The van der Waals surface area contributed by atoms with Crippen molar-refractivity contribution in [3.05, 3.63) is 307 Å². The van der Waals surface area contributed by atoms with Gasteiger partial charge >= 0.3 is 12.1 Å². The van der Waals surface area contributed by atoms with Crippen LogP contribution in [0.4, 0.5) is 56.1 Å². The molecule has 11 rings (SSSR count). The number of pyridine rings is 1.